The van der Waals surface area contributed by atoms with E-state index < -0.39 is 5.97 Å². The van der Waals surface area contributed by atoms with Crippen LogP contribution in [0.2, 0.25) is 0 Å². The molecule has 0 unspecified atom stereocenters. The van der Waals surface area contributed by atoms with Crippen LogP contribution in [-0.4, -0.2) is 35.6 Å². The van der Waals surface area contributed by atoms with Gasteiger partial charge in [-0.1, -0.05) is 19.1 Å². The van der Waals surface area contributed by atoms with Gasteiger partial charge in [0.1, 0.15) is 0 Å². The molecule has 0 aliphatic rings. The Bertz CT molecular complexity index is 570. The Balaban J connectivity index is 2.40. The lowest BCUT2D eigenvalue weighted by atomic mass is 10.1. The number of carboxylic acids is 1. The highest BCUT2D eigenvalue weighted by molar-refractivity contribution is 5.86. The molecule has 2 aromatic rings. The highest BCUT2D eigenvalue weighted by atomic mass is 16.4. The fourth-order valence-electron chi connectivity index (χ4n) is 1.85. The summed E-state index contributed by atoms with van der Waals surface area (Å²) >= 11 is 0. The predicted octanol–water partition coefficient (Wildman–Crippen LogP) is 0.882. The van der Waals surface area contributed by atoms with Gasteiger partial charge in [0, 0.05) is 7.05 Å². The van der Waals surface area contributed by atoms with Crippen LogP contribution in [0.5, 0.6) is 0 Å². The Hall–Kier alpha value is -2.18. The molecule has 2 heterocycles. The van der Waals surface area contributed by atoms with E-state index in [4.69, 9.17) is 5.11 Å². The number of hydrogen-bond donors (Lipinski definition) is 1. The molecule has 2 rings (SSSR count). The second-order valence-corrected chi connectivity index (χ2v) is 4.44. The molecule has 0 saturated heterocycles. The van der Waals surface area contributed by atoms with E-state index in [1.807, 2.05) is 25.5 Å². The van der Waals surface area contributed by atoms with Crippen molar-refractivity contribution >= 4 is 5.97 Å². The molecule has 2 aromatic heterocycles. The lowest BCUT2D eigenvalue weighted by Crippen LogP contribution is -2.12. The predicted molar refractivity (Wildman–Crippen MR) is 63.4 cm³/mol. The summed E-state index contributed by atoms with van der Waals surface area (Å²) in [5.41, 5.74) is 1.59. The Morgan fingerprint density at radius 1 is 1.50 bits per heavy atom. The van der Waals surface area contributed by atoms with Crippen molar-refractivity contribution in [3.63, 3.8) is 0 Å². The Kier molecular flexibility index (Phi) is 3.14. The zero-order chi connectivity index (χ0) is 13.3. The fraction of sp³-hybridized carbons (Fsp3) is 0.455. The Morgan fingerprint density at radius 2 is 2.22 bits per heavy atom. The fourth-order valence-corrected chi connectivity index (χ4v) is 1.85. The molecule has 1 N–H and O–H groups in total. The summed E-state index contributed by atoms with van der Waals surface area (Å²) in [5.74, 6) is -1.01. The normalized spacial score (nSPS) is 11.1. The molecule has 7 nitrogen and oxygen atoms in total. The number of imidazole rings is 1. The SMILES string of the molecule is CC(C)c1c(C(=O)O)nnn1Cc1cncn1C. The minimum Gasteiger partial charge on any atom is -0.476 e. The second kappa shape index (κ2) is 4.59. The van der Waals surface area contributed by atoms with E-state index in [1.165, 1.54) is 0 Å². The molecule has 7 heteroatoms. The molecule has 0 radical (unpaired) electrons. The number of carboxylic acid groups (broad SMARTS) is 1. The molecule has 96 valence electrons. The first-order valence-corrected chi connectivity index (χ1v) is 5.62. The van der Waals surface area contributed by atoms with Crippen LogP contribution in [0.3, 0.4) is 0 Å². The third-order valence-corrected chi connectivity index (χ3v) is 2.75. The molecular weight excluding hydrogens is 234 g/mol. The molecule has 0 aliphatic carbocycles. The second-order valence-electron chi connectivity index (χ2n) is 4.44. The van der Waals surface area contributed by atoms with Gasteiger partial charge in [-0.3, -0.25) is 0 Å². The molecule has 0 aromatic carbocycles. The maximum absolute atomic E-state index is 11.1. The molecule has 0 fully saturated rings. The number of aromatic nitrogens is 5. The first kappa shape index (κ1) is 12.3. The highest BCUT2D eigenvalue weighted by Crippen LogP contribution is 2.18. The van der Waals surface area contributed by atoms with Gasteiger partial charge in [0.25, 0.3) is 0 Å². The number of carbonyl (C=O) groups is 1. The van der Waals surface area contributed by atoms with E-state index in [0.29, 0.717) is 12.2 Å². The molecule has 0 amide bonds. The van der Waals surface area contributed by atoms with Crippen molar-refractivity contribution in [3.05, 3.63) is 29.6 Å². The molecule has 0 bridgehead atoms. The number of aromatic carboxylic acids is 1. The smallest absolute Gasteiger partial charge is 0.358 e. The van der Waals surface area contributed by atoms with Crippen LogP contribution < -0.4 is 0 Å². The maximum atomic E-state index is 11.1. The maximum Gasteiger partial charge on any atom is 0.358 e. The van der Waals surface area contributed by atoms with Gasteiger partial charge in [-0.05, 0) is 5.92 Å². The monoisotopic (exact) mass is 249 g/mol. The summed E-state index contributed by atoms with van der Waals surface area (Å²) in [4.78, 5) is 15.1. The van der Waals surface area contributed by atoms with E-state index in [-0.39, 0.29) is 11.6 Å². The quantitative estimate of drug-likeness (QED) is 0.869. The minimum absolute atomic E-state index is 0.0205. The summed E-state index contributed by atoms with van der Waals surface area (Å²) < 4.78 is 3.48. The van der Waals surface area contributed by atoms with Crippen molar-refractivity contribution in [2.24, 2.45) is 7.05 Å². The third-order valence-electron chi connectivity index (χ3n) is 2.75. The van der Waals surface area contributed by atoms with Crippen molar-refractivity contribution in [1.82, 2.24) is 24.5 Å². The van der Waals surface area contributed by atoms with Gasteiger partial charge in [0.2, 0.25) is 0 Å². The Labute approximate surface area is 104 Å². The van der Waals surface area contributed by atoms with Crippen LogP contribution in [0.25, 0.3) is 0 Å². The van der Waals surface area contributed by atoms with Gasteiger partial charge in [0.15, 0.2) is 5.69 Å². The molecule has 0 saturated carbocycles. The van der Waals surface area contributed by atoms with Crippen molar-refractivity contribution in [1.29, 1.82) is 0 Å². The van der Waals surface area contributed by atoms with Crippen LogP contribution in [-0.2, 0) is 13.6 Å². The van der Waals surface area contributed by atoms with Gasteiger partial charge >= 0.3 is 5.97 Å². The minimum atomic E-state index is -1.05. The Morgan fingerprint density at radius 3 is 2.72 bits per heavy atom. The number of hydrogen-bond acceptors (Lipinski definition) is 4. The molecule has 18 heavy (non-hydrogen) atoms. The number of aryl methyl sites for hydroxylation is 1. The van der Waals surface area contributed by atoms with Crippen molar-refractivity contribution < 1.29 is 9.90 Å². The zero-order valence-electron chi connectivity index (χ0n) is 10.5. The summed E-state index contributed by atoms with van der Waals surface area (Å²) in [6.07, 6.45) is 3.42. The number of rotatable bonds is 4. The summed E-state index contributed by atoms with van der Waals surface area (Å²) in [6, 6.07) is 0. The molecular formula is C11H15N5O2. The first-order chi connectivity index (χ1) is 8.50. The van der Waals surface area contributed by atoms with Gasteiger partial charge in [0.05, 0.1) is 30.5 Å². The molecule has 0 spiro atoms. The topological polar surface area (TPSA) is 85.8 Å². The van der Waals surface area contributed by atoms with E-state index >= 15 is 0 Å². The van der Waals surface area contributed by atoms with Crippen LogP contribution in [0.4, 0.5) is 0 Å². The average Bonchev–Trinajstić information content (AvgIpc) is 2.86. The first-order valence-electron chi connectivity index (χ1n) is 5.62. The lowest BCUT2D eigenvalue weighted by molar-refractivity contribution is 0.0688. The summed E-state index contributed by atoms with van der Waals surface area (Å²) in [5, 5.41) is 16.7. The van der Waals surface area contributed by atoms with Crippen molar-refractivity contribution in [2.45, 2.75) is 26.3 Å². The van der Waals surface area contributed by atoms with Gasteiger partial charge < -0.3 is 9.67 Å². The third kappa shape index (κ3) is 2.11. The van der Waals surface area contributed by atoms with Gasteiger partial charge in [-0.25, -0.2) is 14.5 Å². The van der Waals surface area contributed by atoms with E-state index in [1.54, 1.807) is 17.2 Å². The zero-order valence-corrected chi connectivity index (χ0v) is 10.5. The van der Waals surface area contributed by atoms with Crippen molar-refractivity contribution in [2.75, 3.05) is 0 Å². The van der Waals surface area contributed by atoms with Crippen LogP contribution in [0.15, 0.2) is 12.5 Å². The lowest BCUT2D eigenvalue weighted by Gasteiger charge is -2.09. The van der Waals surface area contributed by atoms with Gasteiger partial charge in [-0.2, -0.15) is 0 Å². The van der Waals surface area contributed by atoms with E-state index in [2.05, 4.69) is 15.3 Å². The summed E-state index contributed by atoms with van der Waals surface area (Å²) in [6.45, 7) is 4.31. The van der Waals surface area contributed by atoms with Gasteiger partial charge in [-0.15, -0.1) is 5.10 Å². The van der Waals surface area contributed by atoms with E-state index in [0.717, 1.165) is 5.69 Å². The largest absolute Gasteiger partial charge is 0.476 e. The van der Waals surface area contributed by atoms with E-state index in [9.17, 15) is 4.79 Å². The summed E-state index contributed by atoms with van der Waals surface area (Å²) in [7, 11) is 1.88. The number of nitrogens with zero attached hydrogens (tertiary/aromatic N) is 5. The van der Waals surface area contributed by atoms with Crippen molar-refractivity contribution in [3.8, 4) is 0 Å². The average molecular weight is 249 g/mol. The standard InChI is InChI=1S/C11H15N5O2/c1-7(2)10-9(11(17)18)13-14-16(10)5-8-4-12-6-15(8)3/h4,6-7H,5H2,1-3H3,(H,17,18). The van der Waals surface area contributed by atoms with Crippen LogP contribution in [0.1, 0.15) is 41.6 Å². The van der Waals surface area contributed by atoms with Crippen LogP contribution in [0, 0.1) is 0 Å². The molecule has 0 atom stereocenters. The van der Waals surface area contributed by atoms with Crippen LogP contribution >= 0.6 is 0 Å². The molecule has 0 aliphatic heterocycles. The highest BCUT2D eigenvalue weighted by Gasteiger charge is 2.21.